The van der Waals surface area contributed by atoms with Crippen LogP contribution in [0.25, 0.3) is 11.3 Å². The number of aromatic nitrogens is 2. The Hall–Kier alpha value is -3.25. The van der Waals surface area contributed by atoms with E-state index in [4.69, 9.17) is 5.73 Å². The number of nitrogen functional groups attached to an aromatic ring is 1. The number of carbonyl (C=O) groups is 1. The number of nitrogens with two attached hydrogens (primary N) is 1. The summed E-state index contributed by atoms with van der Waals surface area (Å²) >= 11 is 0. The third-order valence-electron chi connectivity index (χ3n) is 3.67. The lowest BCUT2D eigenvalue weighted by molar-refractivity contribution is -0.114. The summed E-state index contributed by atoms with van der Waals surface area (Å²) in [6.07, 6.45) is 0.544. The predicted molar refractivity (Wildman–Crippen MR) is 96.7 cm³/mol. The Morgan fingerprint density at radius 1 is 1.12 bits per heavy atom. The van der Waals surface area contributed by atoms with Crippen LogP contribution in [-0.4, -0.2) is 21.0 Å². The van der Waals surface area contributed by atoms with Crippen LogP contribution in [0.5, 0.6) is 0 Å². The fourth-order valence-electron chi connectivity index (χ4n) is 2.44. The number of aliphatic hydroxyl groups excluding tert-OH is 1. The highest BCUT2D eigenvalue weighted by Gasteiger charge is 2.19. The number of benzene rings is 2. The Bertz CT molecular complexity index is 880. The van der Waals surface area contributed by atoms with Gasteiger partial charge in [-0.25, -0.2) is 9.97 Å². The van der Waals surface area contributed by atoms with E-state index in [0.29, 0.717) is 16.9 Å². The van der Waals surface area contributed by atoms with Crippen molar-refractivity contribution in [3.05, 3.63) is 72.1 Å². The summed E-state index contributed by atoms with van der Waals surface area (Å²) in [5, 5.41) is 13.3. The smallest absolute Gasteiger partial charge is 0.222 e. The number of carbonyl (C=O) groups excluding carboxylic acids is 1. The number of nitrogens with one attached hydrogen (secondary N) is 1. The molecule has 3 aromatic rings. The van der Waals surface area contributed by atoms with E-state index < -0.39 is 6.10 Å². The monoisotopic (exact) mass is 334 g/mol. The van der Waals surface area contributed by atoms with Crippen molar-refractivity contribution in [2.75, 3.05) is 11.1 Å². The average Bonchev–Trinajstić information content (AvgIpc) is 2.62. The summed E-state index contributed by atoms with van der Waals surface area (Å²) in [4.78, 5) is 20.3. The zero-order valence-electron chi connectivity index (χ0n) is 13.7. The van der Waals surface area contributed by atoms with Crippen LogP contribution in [0.3, 0.4) is 0 Å². The number of nitrogens with zero attached hydrogens (tertiary/aromatic N) is 2. The van der Waals surface area contributed by atoms with Gasteiger partial charge in [-0.15, -0.1) is 0 Å². The van der Waals surface area contributed by atoms with Gasteiger partial charge in [0, 0.05) is 18.2 Å². The quantitative estimate of drug-likeness (QED) is 0.637. The maximum absolute atomic E-state index is 11.4. The molecule has 0 saturated heterocycles. The summed E-state index contributed by atoms with van der Waals surface area (Å²) in [6.45, 7) is 1.38. The molecule has 126 valence electrons. The molecule has 0 bridgehead atoms. The van der Waals surface area contributed by atoms with Crippen molar-refractivity contribution in [3.63, 3.8) is 0 Å². The summed E-state index contributed by atoms with van der Waals surface area (Å²) in [5.74, 6) is -0.0425. The van der Waals surface area contributed by atoms with E-state index in [1.807, 2.05) is 30.3 Å². The molecule has 2 aromatic carbocycles. The highest BCUT2D eigenvalue weighted by atomic mass is 16.3. The molecule has 1 amide bonds. The third kappa shape index (κ3) is 3.81. The van der Waals surface area contributed by atoms with Crippen LogP contribution in [0.1, 0.15) is 24.3 Å². The number of hydrogen-bond donors (Lipinski definition) is 3. The fraction of sp³-hybridized carbons (Fsp3) is 0.105. The lowest BCUT2D eigenvalue weighted by atomic mass is 10.1. The van der Waals surface area contributed by atoms with Crippen LogP contribution >= 0.6 is 0 Å². The van der Waals surface area contributed by atoms with Crippen molar-refractivity contribution >= 4 is 17.4 Å². The van der Waals surface area contributed by atoms with Crippen molar-refractivity contribution in [1.29, 1.82) is 0 Å². The molecular formula is C19H18N4O2. The first kappa shape index (κ1) is 16.6. The van der Waals surface area contributed by atoms with Gasteiger partial charge in [0.1, 0.15) is 11.8 Å². The van der Waals surface area contributed by atoms with Gasteiger partial charge in [-0.05, 0) is 17.7 Å². The molecule has 0 aliphatic heterocycles. The van der Waals surface area contributed by atoms with Gasteiger partial charge in [0.25, 0.3) is 0 Å². The van der Waals surface area contributed by atoms with Gasteiger partial charge in [-0.2, -0.15) is 0 Å². The molecule has 4 N–H and O–H groups in total. The minimum Gasteiger partial charge on any atom is -0.399 e. The molecule has 0 aliphatic carbocycles. The first-order valence-electron chi connectivity index (χ1n) is 7.78. The van der Waals surface area contributed by atoms with Crippen molar-refractivity contribution in [3.8, 4) is 11.3 Å². The molecule has 25 heavy (non-hydrogen) atoms. The Balaban J connectivity index is 2.07. The predicted octanol–water partition coefficient (Wildman–Crippen LogP) is 2.77. The number of amides is 1. The molecule has 6 nitrogen and oxygen atoms in total. The Labute approximate surface area is 145 Å². The topological polar surface area (TPSA) is 101 Å². The lowest BCUT2D eigenvalue weighted by Crippen LogP contribution is -2.14. The van der Waals surface area contributed by atoms with Crippen LogP contribution < -0.4 is 11.1 Å². The largest absolute Gasteiger partial charge is 0.399 e. The van der Waals surface area contributed by atoms with Crippen LogP contribution in [-0.2, 0) is 4.79 Å². The molecule has 6 heteroatoms. The van der Waals surface area contributed by atoms with Crippen LogP contribution in [0, 0.1) is 0 Å². The number of hydrogen-bond acceptors (Lipinski definition) is 5. The minimum absolute atomic E-state index is 0.239. The second kappa shape index (κ2) is 7.11. The molecule has 1 unspecified atom stereocenters. The number of rotatable bonds is 4. The maximum Gasteiger partial charge on any atom is 0.222 e. The van der Waals surface area contributed by atoms with Gasteiger partial charge in [0.2, 0.25) is 5.91 Å². The van der Waals surface area contributed by atoms with Crippen molar-refractivity contribution in [1.82, 2.24) is 9.97 Å². The molecular weight excluding hydrogens is 316 g/mol. The Morgan fingerprint density at radius 3 is 2.44 bits per heavy atom. The highest BCUT2D eigenvalue weighted by Crippen LogP contribution is 2.28. The van der Waals surface area contributed by atoms with E-state index >= 15 is 0 Å². The first-order chi connectivity index (χ1) is 12.0. The fourth-order valence-corrected chi connectivity index (χ4v) is 2.44. The average molecular weight is 334 g/mol. The van der Waals surface area contributed by atoms with E-state index in [0.717, 1.165) is 5.56 Å². The first-order valence-corrected chi connectivity index (χ1v) is 7.78. The van der Waals surface area contributed by atoms with Crippen LogP contribution in [0.4, 0.5) is 11.5 Å². The molecule has 1 atom stereocenters. The molecule has 0 saturated carbocycles. The standard InChI is InChI=1S/C19H18N4O2/c1-12(24)22-19-17(18(25)14-5-3-2-4-6-14)23-16(11-21-19)13-7-9-15(20)10-8-13/h2-11,18,25H,20H2,1H3,(H,21,22,24). The molecule has 0 spiro atoms. The van der Waals surface area contributed by atoms with Crippen molar-refractivity contribution in [2.24, 2.45) is 0 Å². The maximum atomic E-state index is 11.4. The summed E-state index contributed by atoms with van der Waals surface area (Å²) in [5.41, 5.74) is 8.72. The van der Waals surface area contributed by atoms with Gasteiger partial charge in [-0.1, -0.05) is 42.5 Å². The van der Waals surface area contributed by atoms with Gasteiger partial charge in [0.15, 0.2) is 5.82 Å². The summed E-state index contributed by atoms with van der Waals surface area (Å²) < 4.78 is 0. The highest BCUT2D eigenvalue weighted by molar-refractivity contribution is 5.88. The van der Waals surface area contributed by atoms with Crippen molar-refractivity contribution in [2.45, 2.75) is 13.0 Å². The van der Waals surface area contributed by atoms with E-state index in [-0.39, 0.29) is 17.4 Å². The number of aliphatic hydroxyl groups is 1. The summed E-state index contributed by atoms with van der Waals surface area (Å²) in [7, 11) is 0. The van der Waals surface area contributed by atoms with Crippen LogP contribution in [0.2, 0.25) is 0 Å². The second-order valence-corrected chi connectivity index (χ2v) is 5.61. The van der Waals surface area contributed by atoms with Gasteiger partial charge < -0.3 is 16.2 Å². The van der Waals surface area contributed by atoms with E-state index in [9.17, 15) is 9.90 Å². The second-order valence-electron chi connectivity index (χ2n) is 5.61. The van der Waals surface area contributed by atoms with Gasteiger partial charge >= 0.3 is 0 Å². The van der Waals surface area contributed by atoms with Crippen LogP contribution in [0.15, 0.2) is 60.8 Å². The zero-order chi connectivity index (χ0) is 17.8. The molecule has 1 aromatic heterocycles. The van der Waals surface area contributed by atoms with Crippen molar-refractivity contribution < 1.29 is 9.90 Å². The van der Waals surface area contributed by atoms with Gasteiger partial charge in [0.05, 0.1) is 11.9 Å². The van der Waals surface area contributed by atoms with E-state index in [2.05, 4.69) is 15.3 Å². The molecule has 0 aliphatic rings. The Morgan fingerprint density at radius 2 is 1.80 bits per heavy atom. The lowest BCUT2D eigenvalue weighted by Gasteiger charge is -2.15. The molecule has 3 rings (SSSR count). The van der Waals surface area contributed by atoms with E-state index in [1.54, 1.807) is 30.5 Å². The third-order valence-corrected chi connectivity index (χ3v) is 3.67. The zero-order valence-corrected chi connectivity index (χ0v) is 13.7. The Kier molecular flexibility index (Phi) is 4.72. The van der Waals surface area contributed by atoms with E-state index in [1.165, 1.54) is 6.92 Å². The minimum atomic E-state index is -1.01. The SMILES string of the molecule is CC(=O)Nc1ncc(-c2ccc(N)cc2)nc1C(O)c1ccccc1. The van der Waals surface area contributed by atoms with Gasteiger partial charge in [-0.3, -0.25) is 4.79 Å². The molecule has 0 fully saturated rings. The normalized spacial score (nSPS) is 11.8. The summed E-state index contributed by atoms with van der Waals surface area (Å²) in [6, 6.07) is 16.3. The number of anilines is 2. The molecule has 0 radical (unpaired) electrons. The molecule has 1 heterocycles.